The molecule has 2 atom stereocenters. The fourth-order valence-corrected chi connectivity index (χ4v) is 1.60. The Balaban J connectivity index is 2.60. The molecule has 0 saturated carbocycles. The van der Waals surface area contributed by atoms with Gasteiger partial charge >= 0.3 is 0 Å². The summed E-state index contributed by atoms with van der Waals surface area (Å²) in [5, 5.41) is 12.5. The molecule has 2 N–H and O–H groups in total. The Bertz CT molecular complexity index is 392. The van der Waals surface area contributed by atoms with Gasteiger partial charge in [0.15, 0.2) is 0 Å². The number of ether oxygens (including phenoxy) is 1. The molecule has 0 fully saturated rings. The number of benzene rings is 1. The highest BCUT2D eigenvalue weighted by Gasteiger charge is 2.15. The molecule has 18 heavy (non-hydrogen) atoms. The number of aliphatic hydroxyl groups is 1. The maximum Gasteiger partial charge on any atom is 0.255 e. The summed E-state index contributed by atoms with van der Waals surface area (Å²) in [6, 6.07) is 7.02. The summed E-state index contributed by atoms with van der Waals surface area (Å²) in [6.45, 7) is 4.22. The topological polar surface area (TPSA) is 58.6 Å². The quantitative estimate of drug-likeness (QED) is 0.811. The van der Waals surface area contributed by atoms with Crippen molar-refractivity contribution in [1.82, 2.24) is 5.32 Å². The first kappa shape index (κ1) is 14.5. The third-order valence-electron chi connectivity index (χ3n) is 3.12. The predicted molar refractivity (Wildman–Crippen MR) is 70.8 cm³/mol. The third-order valence-corrected chi connectivity index (χ3v) is 3.12. The van der Waals surface area contributed by atoms with Gasteiger partial charge in [-0.25, -0.2) is 0 Å². The molecule has 0 aliphatic heterocycles. The zero-order valence-corrected chi connectivity index (χ0v) is 11.1. The van der Waals surface area contributed by atoms with Crippen molar-refractivity contribution in [3.8, 4) is 5.75 Å². The zero-order valence-electron chi connectivity index (χ0n) is 11.1. The Morgan fingerprint density at radius 3 is 2.72 bits per heavy atom. The van der Waals surface area contributed by atoms with Crippen LogP contribution in [0, 0.1) is 5.92 Å². The highest BCUT2D eigenvalue weighted by molar-refractivity contribution is 5.96. The van der Waals surface area contributed by atoms with Crippen molar-refractivity contribution in [3.05, 3.63) is 29.8 Å². The molecule has 0 aliphatic carbocycles. The summed E-state index contributed by atoms with van der Waals surface area (Å²) in [5.41, 5.74) is 0.483. The number of amides is 1. The number of carbonyl (C=O) groups excluding carboxylic acids is 1. The second kappa shape index (κ2) is 7.01. The number of nitrogens with one attached hydrogen (secondary N) is 1. The Morgan fingerprint density at radius 2 is 2.11 bits per heavy atom. The lowest BCUT2D eigenvalue weighted by Crippen LogP contribution is -2.35. The van der Waals surface area contributed by atoms with Crippen LogP contribution < -0.4 is 10.1 Å². The van der Waals surface area contributed by atoms with Gasteiger partial charge < -0.3 is 15.2 Å². The normalized spacial score (nSPS) is 13.8. The monoisotopic (exact) mass is 251 g/mol. The molecule has 1 aromatic carbocycles. The first-order valence-corrected chi connectivity index (χ1v) is 6.19. The molecule has 0 aromatic heterocycles. The number of carbonyl (C=O) groups is 1. The molecule has 2 unspecified atom stereocenters. The minimum absolute atomic E-state index is 0.169. The van der Waals surface area contributed by atoms with Crippen LogP contribution in [0.3, 0.4) is 0 Å². The van der Waals surface area contributed by atoms with E-state index in [0.717, 1.165) is 6.42 Å². The van der Waals surface area contributed by atoms with Crippen molar-refractivity contribution in [2.75, 3.05) is 13.7 Å². The second-order valence-corrected chi connectivity index (χ2v) is 4.36. The maximum absolute atomic E-state index is 11.9. The van der Waals surface area contributed by atoms with Crippen molar-refractivity contribution < 1.29 is 14.6 Å². The fraction of sp³-hybridized carbons (Fsp3) is 0.500. The summed E-state index contributed by atoms with van der Waals surface area (Å²) < 4.78 is 5.12. The van der Waals surface area contributed by atoms with Gasteiger partial charge in [-0.3, -0.25) is 4.79 Å². The Morgan fingerprint density at radius 1 is 1.44 bits per heavy atom. The molecule has 0 aliphatic rings. The number of rotatable bonds is 6. The van der Waals surface area contributed by atoms with Crippen LogP contribution >= 0.6 is 0 Å². The van der Waals surface area contributed by atoms with Gasteiger partial charge in [-0.2, -0.15) is 0 Å². The highest BCUT2D eigenvalue weighted by atomic mass is 16.5. The van der Waals surface area contributed by atoms with Crippen LogP contribution in [-0.2, 0) is 0 Å². The van der Waals surface area contributed by atoms with E-state index in [4.69, 9.17) is 4.74 Å². The molecule has 4 nitrogen and oxygen atoms in total. The molecule has 1 amide bonds. The van der Waals surface area contributed by atoms with Gasteiger partial charge in [0.2, 0.25) is 0 Å². The van der Waals surface area contributed by atoms with Crippen molar-refractivity contribution in [1.29, 1.82) is 0 Å². The predicted octanol–water partition coefficient (Wildman–Crippen LogP) is 1.83. The lowest BCUT2D eigenvalue weighted by atomic mass is 10.0. The zero-order chi connectivity index (χ0) is 13.5. The van der Waals surface area contributed by atoms with E-state index in [9.17, 15) is 9.90 Å². The van der Waals surface area contributed by atoms with E-state index in [1.807, 2.05) is 19.9 Å². The molecule has 4 heteroatoms. The van der Waals surface area contributed by atoms with Crippen LogP contribution in [0.5, 0.6) is 5.75 Å². The molecule has 1 aromatic rings. The van der Waals surface area contributed by atoms with Crippen molar-refractivity contribution in [2.24, 2.45) is 5.92 Å². The van der Waals surface area contributed by atoms with Crippen LogP contribution in [0.4, 0.5) is 0 Å². The Labute approximate surface area is 108 Å². The Kier molecular flexibility index (Phi) is 5.65. The second-order valence-electron chi connectivity index (χ2n) is 4.36. The molecule has 100 valence electrons. The summed E-state index contributed by atoms with van der Waals surface area (Å²) >= 11 is 0. The summed E-state index contributed by atoms with van der Waals surface area (Å²) in [6.07, 6.45) is 0.361. The molecule has 0 bridgehead atoms. The molecular formula is C14H21NO3. The summed E-state index contributed by atoms with van der Waals surface area (Å²) in [5.74, 6) is 0.478. The molecule has 0 heterocycles. The van der Waals surface area contributed by atoms with Crippen molar-refractivity contribution in [3.63, 3.8) is 0 Å². The van der Waals surface area contributed by atoms with Crippen LogP contribution in [0.25, 0.3) is 0 Å². The standard InChI is InChI=1S/C14H21NO3/c1-4-10(2)12(16)9-15-14(17)11-7-5-6-8-13(11)18-3/h5-8,10,12,16H,4,9H2,1-3H3,(H,15,17). The van der Waals surface area contributed by atoms with E-state index in [2.05, 4.69) is 5.32 Å². The first-order valence-electron chi connectivity index (χ1n) is 6.19. The smallest absolute Gasteiger partial charge is 0.255 e. The van der Waals surface area contributed by atoms with E-state index >= 15 is 0 Å². The van der Waals surface area contributed by atoms with Gasteiger partial charge in [-0.15, -0.1) is 0 Å². The molecule has 0 radical (unpaired) electrons. The highest BCUT2D eigenvalue weighted by Crippen LogP contribution is 2.17. The molecule has 0 spiro atoms. The van der Waals surface area contributed by atoms with Crippen LogP contribution in [-0.4, -0.2) is 30.8 Å². The lowest BCUT2D eigenvalue weighted by Gasteiger charge is -2.18. The summed E-state index contributed by atoms with van der Waals surface area (Å²) in [4.78, 5) is 11.9. The number of hydrogen-bond donors (Lipinski definition) is 2. The SMILES string of the molecule is CCC(C)C(O)CNC(=O)c1ccccc1OC. The van der Waals surface area contributed by atoms with E-state index in [0.29, 0.717) is 11.3 Å². The van der Waals surface area contributed by atoms with Crippen molar-refractivity contribution >= 4 is 5.91 Å². The van der Waals surface area contributed by atoms with Gasteiger partial charge in [0, 0.05) is 6.54 Å². The molecule has 0 saturated heterocycles. The van der Waals surface area contributed by atoms with Crippen LogP contribution in [0.2, 0.25) is 0 Å². The van der Waals surface area contributed by atoms with E-state index in [-0.39, 0.29) is 18.4 Å². The van der Waals surface area contributed by atoms with Gasteiger partial charge in [0.05, 0.1) is 18.8 Å². The van der Waals surface area contributed by atoms with E-state index < -0.39 is 6.10 Å². The van der Waals surface area contributed by atoms with Gasteiger partial charge in [-0.1, -0.05) is 32.4 Å². The van der Waals surface area contributed by atoms with E-state index in [1.165, 1.54) is 7.11 Å². The van der Waals surface area contributed by atoms with Gasteiger partial charge in [0.1, 0.15) is 5.75 Å². The maximum atomic E-state index is 11.9. The minimum Gasteiger partial charge on any atom is -0.496 e. The number of hydrogen-bond acceptors (Lipinski definition) is 3. The number of methoxy groups -OCH3 is 1. The number of para-hydroxylation sites is 1. The van der Waals surface area contributed by atoms with Crippen molar-refractivity contribution in [2.45, 2.75) is 26.4 Å². The van der Waals surface area contributed by atoms with Gasteiger partial charge in [-0.05, 0) is 18.1 Å². The number of aliphatic hydroxyl groups excluding tert-OH is 1. The van der Waals surface area contributed by atoms with Crippen LogP contribution in [0.15, 0.2) is 24.3 Å². The minimum atomic E-state index is -0.520. The average molecular weight is 251 g/mol. The largest absolute Gasteiger partial charge is 0.496 e. The average Bonchev–Trinajstić information content (AvgIpc) is 2.43. The molecular weight excluding hydrogens is 230 g/mol. The fourth-order valence-electron chi connectivity index (χ4n) is 1.60. The van der Waals surface area contributed by atoms with Crippen LogP contribution in [0.1, 0.15) is 30.6 Å². The third kappa shape index (κ3) is 3.74. The molecule has 1 rings (SSSR count). The Hall–Kier alpha value is -1.55. The lowest BCUT2D eigenvalue weighted by molar-refractivity contribution is 0.0847. The van der Waals surface area contributed by atoms with E-state index in [1.54, 1.807) is 18.2 Å². The summed E-state index contributed by atoms with van der Waals surface area (Å²) in [7, 11) is 1.53. The van der Waals surface area contributed by atoms with Gasteiger partial charge in [0.25, 0.3) is 5.91 Å². The first-order chi connectivity index (χ1) is 8.60.